The van der Waals surface area contributed by atoms with Crippen molar-refractivity contribution in [2.24, 2.45) is 0 Å². The second kappa shape index (κ2) is 5.47. The second-order valence-electron chi connectivity index (χ2n) is 3.25. The van der Waals surface area contributed by atoms with E-state index >= 15 is 0 Å². The lowest BCUT2D eigenvalue weighted by molar-refractivity contribution is 0.932. The maximum absolute atomic E-state index is 5.16. The van der Waals surface area contributed by atoms with E-state index in [4.69, 9.17) is 6.42 Å². The average molecular weight is 221 g/mol. The average Bonchev–Trinajstić information content (AvgIpc) is 2.84. The molecule has 3 aromatic rings. The van der Waals surface area contributed by atoms with Crippen molar-refractivity contribution in [1.82, 2.24) is 14.6 Å². The molecule has 0 aliphatic carbocycles. The zero-order valence-electron chi connectivity index (χ0n) is 9.19. The van der Waals surface area contributed by atoms with Crippen molar-refractivity contribution in [1.29, 1.82) is 0 Å². The lowest BCUT2D eigenvalue weighted by atomic mass is 10.4. The molecule has 0 saturated heterocycles. The number of fused-ring (bicyclic) bond motifs is 1. The van der Waals surface area contributed by atoms with Crippen molar-refractivity contribution in [3.8, 4) is 12.3 Å². The van der Waals surface area contributed by atoms with Gasteiger partial charge in [0.1, 0.15) is 5.69 Å². The van der Waals surface area contributed by atoms with E-state index in [1.165, 1.54) is 0 Å². The summed E-state index contributed by atoms with van der Waals surface area (Å²) in [5, 5.41) is 4.05. The first-order chi connectivity index (χ1) is 8.40. The number of nitrogens with zero attached hydrogens (tertiary/aromatic N) is 3. The number of hydrogen-bond donors (Lipinski definition) is 0. The fraction of sp³-hybridized carbons (Fsp3) is 0. The van der Waals surface area contributed by atoms with Gasteiger partial charge in [-0.2, -0.15) is 5.10 Å². The van der Waals surface area contributed by atoms with E-state index in [1.54, 1.807) is 22.8 Å². The van der Waals surface area contributed by atoms with Gasteiger partial charge >= 0.3 is 0 Å². The Labute approximate surface area is 99.7 Å². The molecule has 0 aliphatic rings. The first-order valence-corrected chi connectivity index (χ1v) is 5.17. The minimum absolute atomic E-state index is 0.615. The lowest BCUT2D eigenvalue weighted by Gasteiger charge is -1.85. The van der Waals surface area contributed by atoms with Crippen LogP contribution in [0.25, 0.3) is 5.65 Å². The van der Waals surface area contributed by atoms with Gasteiger partial charge in [0.2, 0.25) is 0 Å². The van der Waals surface area contributed by atoms with Crippen LogP contribution in [0.3, 0.4) is 0 Å². The predicted molar refractivity (Wildman–Crippen MR) is 67.4 cm³/mol. The van der Waals surface area contributed by atoms with Gasteiger partial charge in [-0.05, 0) is 12.0 Å². The molecule has 0 fully saturated rings. The Kier molecular flexibility index (Phi) is 3.51. The summed E-state index contributed by atoms with van der Waals surface area (Å²) >= 11 is 0. The molecule has 0 bridgehead atoms. The highest BCUT2D eigenvalue weighted by atomic mass is 15.2. The molecule has 0 N–H and O–H groups in total. The Hall–Kier alpha value is -2.60. The third-order valence-corrected chi connectivity index (χ3v) is 2.05. The standard InChI is InChI=1S/C8H5N3.C6H6/c1-2-7-6-8-9-4-3-5-11(8)10-7;1-2-4-6-5-3-1/h1,3-6H;1-6H. The Balaban J connectivity index is 0.000000153. The summed E-state index contributed by atoms with van der Waals surface area (Å²) in [6.07, 6.45) is 8.67. The molecular formula is C14H11N3. The van der Waals surface area contributed by atoms with Crippen LogP contribution in [0.15, 0.2) is 60.9 Å². The Morgan fingerprint density at radius 3 is 2.18 bits per heavy atom. The van der Waals surface area contributed by atoms with Crippen molar-refractivity contribution < 1.29 is 0 Å². The summed E-state index contributed by atoms with van der Waals surface area (Å²) < 4.78 is 1.65. The minimum atomic E-state index is 0.615. The van der Waals surface area contributed by atoms with Gasteiger partial charge in [-0.1, -0.05) is 36.4 Å². The molecule has 0 aliphatic heterocycles. The molecular weight excluding hydrogens is 210 g/mol. The third-order valence-electron chi connectivity index (χ3n) is 2.05. The van der Waals surface area contributed by atoms with Crippen LogP contribution >= 0.6 is 0 Å². The molecule has 3 nitrogen and oxygen atoms in total. The van der Waals surface area contributed by atoms with Gasteiger partial charge in [-0.3, -0.25) is 0 Å². The molecule has 0 spiro atoms. The van der Waals surface area contributed by atoms with Crippen LogP contribution < -0.4 is 0 Å². The van der Waals surface area contributed by atoms with Gasteiger partial charge in [0, 0.05) is 18.5 Å². The number of benzene rings is 1. The Morgan fingerprint density at radius 1 is 1.00 bits per heavy atom. The monoisotopic (exact) mass is 221 g/mol. The van der Waals surface area contributed by atoms with E-state index in [2.05, 4.69) is 16.0 Å². The zero-order chi connectivity index (χ0) is 11.9. The number of aromatic nitrogens is 3. The highest BCUT2D eigenvalue weighted by Crippen LogP contribution is 1.99. The summed E-state index contributed by atoms with van der Waals surface area (Å²) in [7, 11) is 0. The molecule has 0 saturated carbocycles. The van der Waals surface area contributed by atoms with Crippen LogP contribution in [0.5, 0.6) is 0 Å². The first-order valence-electron chi connectivity index (χ1n) is 5.17. The largest absolute Gasteiger partial charge is 0.237 e. The molecule has 17 heavy (non-hydrogen) atoms. The van der Waals surface area contributed by atoms with E-state index in [0.29, 0.717) is 5.69 Å². The smallest absolute Gasteiger partial charge is 0.156 e. The Morgan fingerprint density at radius 2 is 1.65 bits per heavy atom. The first kappa shape index (κ1) is 10.9. The molecule has 1 aromatic carbocycles. The molecule has 0 atom stereocenters. The number of rotatable bonds is 0. The van der Waals surface area contributed by atoms with Gasteiger partial charge < -0.3 is 0 Å². The molecule has 0 radical (unpaired) electrons. The number of hydrogen-bond acceptors (Lipinski definition) is 2. The van der Waals surface area contributed by atoms with Crippen LogP contribution in [-0.4, -0.2) is 14.6 Å². The minimum Gasteiger partial charge on any atom is -0.237 e. The van der Waals surface area contributed by atoms with Crippen molar-refractivity contribution in [3.63, 3.8) is 0 Å². The van der Waals surface area contributed by atoms with Crippen LogP contribution in [0, 0.1) is 12.3 Å². The molecule has 0 unspecified atom stereocenters. The molecule has 2 aromatic heterocycles. The fourth-order valence-electron chi connectivity index (χ4n) is 1.29. The van der Waals surface area contributed by atoms with E-state index in [-0.39, 0.29) is 0 Å². The molecule has 0 amide bonds. The molecule has 82 valence electrons. The van der Waals surface area contributed by atoms with E-state index in [0.717, 1.165) is 5.65 Å². The third kappa shape index (κ3) is 2.93. The van der Waals surface area contributed by atoms with Gasteiger partial charge in [-0.15, -0.1) is 6.42 Å². The normalized spacial score (nSPS) is 9.12. The maximum Gasteiger partial charge on any atom is 0.156 e. The highest BCUT2D eigenvalue weighted by molar-refractivity contribution is 5.43. The summed E-state index contributed by atoms with van der Waals surface area (Å²) in [5.74, 6) is 2.44. The van der Waals surface area contributed by atoms with E-state index in [1.807, 2.05) is 42.6 Å². The van der Waals surface area contributed by atoms with Crippen LogP contribution in [0.1, 0.15) is 5.69 Å². The quantitative estimate of drug-likeness (QED) is 0.546. The molecule has 3 heteroatoms. The summed E-state index contributed by atoms with van der Waals surface area (Å²) in [4.78, 5) is 4.05. The maximum atomic E-state index is 5.16. The van der Waals surface area contributed by atoms with Gasteiger partial charge in [0.15, 0.2) is 5.65 Å². The van der Waals surface area contributed by atoms with Crippen molar-refractivity contribution >= 4 is 5.65 Å². The van der Waals surface area contributed by atoms with E-state index in [9.17, 15) is 0 Å². The summed E-state index contributed by atoms with van der Waals surface area (Å²) in [5.41, 5.74) is 1.39. The summed E-state index contributed by atoms with van der Waals surface area (Å²) in [6.45, 7) is 0. The van der Waals surface area contributed by atoms with Crippen LogP contribution in [0.2, 0.25) is 0 Å². The van der Waals surface area contributed by atoms with Crippen molar-refractivity contribution in [3.05, 3.63) is 66.6 Å². The highest BCUT2D eigenvalue weighted by Gasteiger charge is 1.96. The SMILES string of the molecule is C#Cc1cc2ncccn2n1.c1ccccc1. The number of terminal acetylenes is 1. The topological polar surface area (TPSA) is 30.2 Å². The van der Waals surface area contributed by atoms with Gasteiger partial charge in [0.05, 0.1) is 0 Å². The van der Waals surface area contributed by atoms with Gasteiger partial charge in [0.25, 0.3) is 0 Å². The summed E-state index contributed by atoms with van der Waals surface area (Å²) in [6, 6.07) is 15.6. The molecule has 2 heterocycles. The second-order valence-corrected chi connectivity index (χ2v) is 3.25. The Bertz CT molecular complexity index is 561. The predicted octanol–water partition coefficient (Wildman–Crippen LogP) is 2.40. The molecule has 3 rings (SSSR count). The van der Waals surface area contributed by atoms with Crippen LogP contribution in [0.4, 0.5) is 0 Å². The lowest BCUT2D eigenvalue weighted by Crippen LogP contribution is -1.86. The fourth-order valence-corrected chi connectivity index (χ4v) is 1.29. The van der Waals surface area contributed by atoms with Crippen molar-refractivity contribution in [2.45, 2.75) is 0 Å². The van der Waals surface area contributed by atoms with E-state index < -0.39 is 0 Å². The van der Waals surface area contributed by atoms with Crippen molar-refractivity contribution in [2.75, 3.05) is 0 Å². The van der Waals surface area contributed by atoms with Gasteiger partial charge in [-0.25, -0.2) is 9.50 Å². The zero-order valence-corrected chi connectivity index (χ0v) is 9.19. The van der Waals surface area contributed by atoms with Crippen LogP contribution in [-0.2, 0) is 0 Å².